The second-order valence-electron chi connectivity index (χ2n) is 9.48. The number of aryl methyl sites for hydroxylation is 2. The fourth-order valence-corrected chi connectivity index (χ4v) is 4.83. The molecule has 0 aliphatic carbocycles. The maximum Gasteiger partial charge on any atom is 0.272 e. The van der Waals surface area contributed by atoms with Gasteiger partial charge in [0.1, 0.15) is 23.0 Å². The number of amides is 1. The lowest BCUT2D eigenvalue weighted by Crippen LogP contribution is -2.43. The highest BCUT2D eigenvalue weighted by atomic mass is 16.5. The summed E-state index contributed by atoms with van der Waals surface area (Å²) in [6.45, 7) is 2.97. The number of likely N-dealkylation sites (tertiary alicyclic amines) is 1. The van der Waals surface area contributed by atoms with Gasteiger partial charge in [0.15, 0.2) is 0 Å². The van der Waals surface area contributed by atoms with E-state index in [4.69, 9.17) is 15.9 Å². The molecule has 1 aliphatic rings. The second kappa shape index (κ2) is 10.8. The highest BCUT2D eigenvalue weighted by Crippen LogP contribution is 2.31. The normalized spacial score (nSPS) is 15.2. The molecule has 9 heteroatoms. The van der Waals surface area contributed by atoms with E-state index in [0.29, 0.717) is 53.0 Å². The van der Waals surface area contributed by atoms with Gasteiger partial charge >= 0.3 is 0 Å². The van der Waals surface area contributed by atoms with Crippen LogP contribution in [0.1, 0.15) is 34.6 Å². The minimum absolute atomic E-state index is 0.0506. The Morgan fingerprint density at radius 1 is 1.08 bits per heavy atom. The summed E-state index contributed by atoms with van der Waals surface area (Å²) in [5.74, 6) is 1.62. The highest BCUT2D eigenvalue weighted by Gasteiger charge is 2.30. The number of hydrogen-bond donors (Lipinski definition) is 3. The van der Waals surface area contributed by atoms with Crippen molar-refractivity contribution in [2.75, 3.05) is 24.1 Å². The number of nitrogens with two attached hydrogens (primary N) is 1. The Balaban J connectivity index is 1.32. The highest BCUT2D eigenvalue weighted by molar-refractivity contribution is 6.07. The van der Waals surface area contributed by atoms with E-state index in [9.17, 15) is 4.79 Å². The van der Waals surface area contributed by atoms with Crippen LogP contribution in [0.5, 0.6) is 11.5 Å². The zero-order valence-electron chi connectivity index (χ0n) is 21.5. The van der Waals surface area contributed by atoms with E-state index in [1.807, 2.05) is 73.5 Å². The molecule has 3 heterocycles. The van der Waals surface area contributed by atoms with Crippen LogP contribution in [-0.2, 0) is 7.05 Å². The molecule has 0 unspecified atom stereocenters. The molecule has 0 bridgehead atoms. The molecule has 1 aliphatic heterocycles. The van der Waals surface area contributed by atoms with Crippen molar-refractivity contribution in [3.63, 3.8) is 0 Å². The lowest BCUT2D eigenvalue weighted by molar-refractivity contribution is 0.0692. The topological polar surface area (TPSA) is 122 Å². The molecule has 1 atom stereocenters. The minimum atomic E-state index is -0.120. The minimum Gasteiger partial charge on any atom is -0.457 e. The summed E-state index contributed by atoms with van der Waals surface area (Å²) in [5.41, 5.74) is 10.1. The number of aromatic nitrogens is 3. The lowest BCUT2D eigenvalue weighted by Gasteiger charge is -2.33. The fraction of sp³-hybridized carbons (Fsp3) is 0.241. The molecule has 1 amide bonds. The van der Waals surface area contributed by atoms with E-state index in [-0.39, 0.29) is 11.8 Å². The molecule has 1 fully saturated rings. The fourth-order valence-electron chi connectivity index (χ4n) is 4.83. The first-order valence-corrected chi connectivity index (χ1v) is 12.6. The molecular formula is C29H31N7O2. The number of hydrogen-bond acceptors (Lipinski definition) is 7. The van der Waals surface area contributed by atoms with Crippen molar-refractivity contribution in [3.8, 4) is 11.5 Å². The predicted octanol–water partition coefficient (Wildman–Crippen LogP) is 5.16. The van der Waals surface area contributed by atoms with Gasteiger partial charge in [0.25, 0.3) is 5.91 Å². The maximum absolute atomic E-state index is 13.3. The van der Waals surface area contributed by atoms with Gasteiger partial charge in [-0.3, -0.25) is 4.79 Å². The zero-order valence-corrected chi connectivity index (χ0v) is 21.5. The quantitative estimate of drug-likeness (QED) is 0.296. The van der Waals surface area contributed by atoms with E-state index in [0.717, 1.165) is 24.3 Å². The average molecular weight is 510 g/mol. The Morgan fingerprint density at radius 2 is 1.82 bits per heavy atom. The number of carbonyl (C=O) groups is 1. The van der Waals surface area contributed by atoms with E-state index >= 15 is 0 Å². The van der Waals surface area contributed by atoms with Gasteiger partial charge < -0.3 is 30.7 Å². The van der Waals surface area contributed by atoms with Gasteiger partial charge in [-0.2, -0.15) is 0 Å². The number of pyridine rings is 1. The summed E-state index contributed by atoms with van der Waals surface area (Å²) >= 11 is 0. The lowest BCUT2D eigenvalue weighted by atomic mass is 9.88. The summed E-state index contributed by atoms with van der Waals surface area (Å²) in [6.07, 6.45) is 4.91. The van der Waals surface area contributed by atoms with E-state index in [1.165, 1.54) is 0 Å². The molecule has 38 heavy (non-hydrogen) atoms. The first-order valence-electron chi connectivity index (χ1n) is 12.6. The Morgan fingerprint density at radius 3 is 2.53 bits per heavy atom. The van der Waals surface area contributed by atoms with Gasteiger partial charge in [0, 0.05) is 49.2 Å². The standard InChI is InChI=1S/C29H31N7O2/c1-19-27(35(2)18-33-19)29(37)36-16-6-7-20(17-36)25(30)24-14-15-32-28(31)26(24)34-21-10-12-23(13-11-21)38-22-8-4-3-5-9-22/h3-5,8-15,18,20,30,34H,6-7,16-17H2,1-2H3,(H2,31,32)/t20-/m1/s1. The first-order chi connectivity index (χ1) is 18.4. The second-order valence-corrected chi connectivity index (χ2v) is 9.48. The summed E-state index contributed by atoms with van der Waals surface area (Å²) in [6, 6.07) is 18.9. The van der Waals surface area contributed by atoms with Gasteiger partial charge in [-0.25, -0.2) is 9.97 Å². The van der Waals surface area contributed by atoms with E-state index < -0.39 is 0 Å². The van der Waals surface area contributed by atoms with Gasteiger partial charge in [-0.05, 0) is 62.2 Å². The molecule has 0 spiro atoms. The molecule has 2 aromatic carbocycles. The van der Waals surface area contributed by atoms with Crippen molar-refractivity contribution < 1.29 is 9.53 Å². The molecule has 4 aromatic rings. The number of benzene rings is 2. The monoisotopic (exact) mass is 509 g/mol. The molecular weight excluding hydrogens is 478 g/mol. The van der Waals surface area contributed by atoms with Crippen molar-refractivity contribution in [2.45, 2.75) is 19.8 Å². The van der Waals surface area contributed by atoms with Crippen LogP contribution >= 0.6 is 0 Å². The van der Waals surface area contributed by atoms with Gasteiger partial charge in [0.05, 0.1) is 17.7 Å². The molecule has 2 aromatic heterocycles. The molecule has 0 radical (unpaired) electrons. The first kappa shape index (κ1) is 25.0. The zero-order chi connectivity index (χ0) is 26.6. The molecule has 0 saturated carbocycles. The number of nitrogens with zero attached hydrogens (tertiary/aromatic N) is 4. The molecule has 9 nitrogen and oxygen atoms in total. The molecule has 1 saturated heterocycles. The number of rotatable bonds is 7. The van der Waals surface area contributed by atoms with Gasteiger partial charge in [-0.15, -0.1) is 0 Å². The summed E-state index contributed by atoms with van der Waals surface area (Å²) in [7, 11) is 1.83. The van der Waals surface area contributed by atoms with Crippen LogP contribution in [0.25, 0.3) is 0 Å². The number of nitrogen functional groups attached to an aromatic ring is 1. The molecule has 4 N–H and O–H groups in total. The van der Waals surface area contributed by atoms with Crippen molar-refractivity contribution >= 4 is 28.8 Å². The van der Waals surface area contributed by atoms with Gasteiger partial charge in [-0.1, -0.05) is 18.2 Å². The molecule has 194 valence electrons. The number of para-hydroxylation sites is 1. The Bertz CT molecular complexity index is 1430. The van der Waals surface area contributed by atoms with Crippen LogP contribution in [0, 0.1) is 18.3 Å². The van der Waals surface area contributed by atoms with Crippen LogP contribution in [0.3, 0.4) is 0 Å². The number of carbonyl (C=O) groups excluding carboxylic acids is 1. The summed E-state index contributed by atoms with van der Waals surface area (Å²) in [5, 5.41) is 12.4. The predicted molar refractivity (Wildman–Crippen MR) is 148 cm³/mol. The van der Waals surface area contributed by atoms with Crippen molar-refractivity contribution in [2.24, 2.45) is 13.0 Å². The number of imidazole rings is 1. The third-order valence-electron chi connectivity index (χ3n) is 6.81. The van der Waals surface area contributed by atoms with Gasteiger partial charge in [0.2, 0.25) is 0 Å². The van der Waals surface area contributed by atoms with Crippen molar-refractivity contribution in [1.82, 2.24) is 19.4 Å². The van der Waals surface area contributed by atoms with Crippen LogP contribution in [0.4, 0.5) is 17.2 Å². The smallest absolute Gasteiger partial charge is 0.272 e. The summed E-state index contributed by atoms with van der Waals surface area (Å²) < 4.78 is 7.64. The van der Waals surface area contributed by atoms with Crippen molar-refractivity contribution in [1.29, 1.82) is 5.41 Å². The third-order valence-corrected chi connectivity index (χ3v) is 6.81. The number of nitrogens with one attached hydrogen (secondary N) is 2. The SMILES string of the molecule is Cc1ncn(C)c1C(=O)N1CCC[C@@H](C(=N)c2ccnc(N)c2Nc2ccc(Oc3ccccc3)cc2)C1. The number of anilines is 3. The Labute approximate surface area is 221 Å². The number of ether oxygens (including phenoxy) is 1. The third kappa shape index (κ3) is 5.22. The van der Waals surface area contributed by atoms with E-state index in [1.54, 1.807) is 23.2 Å². The largest absolute Gasteiger partial charge is 0.457 e. The van der Waals surface area contributed by atoms with Crippen LogP contribution in [-0.4, -0.2) is 44.1 Å². The summed E-state index contributed by atoms with van der Waals surface area (Å²) in [4.78, 5) is 23.6. The molecule has 5 rings (SSSR count). The number of piperidine rings is 1. The van der Waals surface area contributed by atoms with Crippen LogP contribution in [0.15, 0.2) is 73.2 Å². The van der Waals surface area contributed by atoms with Crippen molar-refractivity contribution in [3.05, 3.63) is 90.1 Å². The van der Waals surface area contributed by atoms with Crippen LogP contribution < -0.4 is 15.8 Å². The van der Waals surface area contributed by atoms with Crippen LogP contribution in [0.2, 0.25) is 0 Å². The van der Waals surface area contributed by atoms with E-state index in [2.05, 4.69) is 15.3 Å². The Hall–Kier alpha value is -4.66. The Kier molecular flexibility index (Phi) is 7.08. The average Bonchev–Trinajstić information content (AvgIpc) is 3.28. The maximum atomic E-state index is 13.3.